The normalized spacial score (nSPS) is 14.3. The quantitative estimate of drug-likeness (QED) is 0.473. The second-order valence-electron chi connectivity index (χ2n) is 8.32. The summed E-state index contributed by atoms with van der Waals surface area (Å²) in [5, 5.41) is 0. The molecule has 7 heteroatoms. The molecule has 1 amide bonds. The number of rotatable bonds is 5. The second-order valence-corrected chi connectivity index (χ2v) is 9.24. The molecule has 0 saturated carbocycles. The van der Waals surface area contributed by atoms with Crippen molar-refractivity contribution in [2.24, 2.45) is 0 Å². The lowest BCUT2D eigenvalue weighted by Crippen LogP contribution is -2.35. The van der Waals surface area contributed by atoms with E-state index in [1.165, 1.54) is 6.07 Å². The first-order chi connectivity index (χ1) is 15.9. The molecule has 2 heterocycles. The molecule has 1 fully saturated rings. The highest BCUT2D eigenvalue weighted by Gasteiger charge is 2.24. The second kappa shape index (κ2) is 10.4. The van der Waals surface area contributed by atoms with Crippen LogP contribution in [0.2, 0.25) is 0 Å². The Labute approximate surface area is 202 Å². The Hall–Kier alpha value is -2.80. The molecule has 0 radical (unpaired) electrons. The highest BCUT2D eigenvalue weighted by molar-refractivity contribution is 9.10. The van der Waals surface area contributed by atoms with Gasteiger partial charge in [-0.05, 0) is 55.7 Å². The zero-order valence-corrected chi connectivity index (χ0v) is 20.6. The van der Waals surface area contributed by atoms with Gasteiger partial charge in [0.1, 0.15) is 17.5 Å². The number of benzene rings is 2. The van der Waals surface area contributed by atoms with Crippen LogP contribution < -0.4 is 4.90 Å². The fourth-order valence-corrected chi connectivity index (χ4v) is 4.76. The fraction of sp³-hybridized carbons (Fsp3) is 0.346. The lowest BCUT2D eigenvalue weighted by Gasteiger charge is -2.26. The number of halogens is 2. The van der Waals surface area contributed by atoms with Crippen LogP contribution >= 0.6 is 15.9 Å². The average Bonchev–Trinajstić information content (AvgIpc) is 3.06. The van der Waals surface area contributed by atoms with Crippen molar-refractivity contribution in [2.75, 3.05) is 31.1 Å². The van der Waals surface area contributed by atoms with E-state index in [0.29, 0.717) is 31.6 Å². The van der Waals surface area contributed by atoms with Crippen molar-refractivity contribution in [1.29, 1.82) is 0 Å². The first-order valence-electron chi connectivity index (χ1n) is 11.3. The summed E-state index contributed by atoms with van der Waals surface area (Å²) in [5.74, 6) is 1.44. The fourth-order valence-electron chi connectivity index (χ4n) is 4.36. The molecule has 4 rings (SSSR count). The summed E-state index contributed by atoms with van der Waals surface area (Å²) in [6.07, 6.45) is 2.21. The molecule has 0 bridgehead atoms. The van der Waals surface area contributed by atoms with E-state index in [-0.39, 0.29) is 11.7 Å². The summed E-state index contributed by atoms with van der Waals surface area (Å²) in [6.45, 7) is 6.81. The Morgan fingerprint density at radius 1 is 1.06 bits per heavy atom. The van der Waals surface area contributed by atoms with E-state index in [9.17, 15) is 9.18 Å². The number of amides is 1. The van der Waals surface area contributed by atoms with Crippen LogP contribution in [0.5, 0.6) is 0 Å². The maximum Gasteiger partial charge on any atom is 0.253 e. The summed E-state index contributed by atoms with van der Waals surface area (Å²) >= 11 is 3.45. The SMILES string of the molecule is CCc1nc(C)nc(N2CCCN(C(=O)c3cccc(Br)c3)CC2)c1Cc1cccc(F)c1. The third kappa shape index (κ3) is 5.58. The zero-order valence-electron chi connectivity index (χ0n) is 19.0. The Kier molecular flexibility index (Phi) is 7.38. The maximum absolute atomic E-state index is 13.8. The Morgan fingerprint density at radius 3 is 2.64 bits per heavy atom. The first-order valence-corrected chi connectivity index (χ1v) is 12.1. The van der Waals surface area contributed by atoms with Crippen molar-refractivity contribution in [3.8, 4) is 0 Å². The number of carbonyl (C=O) groups is 1. The molecule has 0 aliphatic carbocycles. The standard InChI is InChI=1S/C26H28BrFN4O/c1-3-24-23(16-19-7-4-10-22(28)15-19)25(30-18(2)29-24)31-11-6-12-32(14-13-31)26(33)20-8-5-9-21(27)17-20/h4-5,7-10,15,17H,3,6,11-14,16H2,1-2H3. The van der Waals surface area contributed by atoms with Crippen molar-refractivity contribution in [2.45, 2.75) is 33.1 Å². The number of hydrogen-bond acceptors (Lipinski definition) is 4. The molecule has 2 aromatic carbocycles. The van der Waals surface area contributed by atoms with Gasteiger partial charge in [0, 0.05) is 53.9 Å². The highest BCUT2D eigenvalue weighted by Crippen LogP contribution is 2.26. The molecular weight excluding hydrogens is 483 g/mol. The summed E-state index contributed by atoms with van der Waals surface area (Å²) in [6, 6.07) is 14.2. The van der Waals surface area contributed by atoms with Gasteiger partial charge in [0.05, 0.1) is 0 Å². The highest BCUT2D eigenvalue weighted by atomic mass is 79.9. The molecule has 0 unspecified atom stereocenters. The van der Waals surface area contributed by atoms with Crippen molar-refractivity contribution in [3.05, 3.63) is 87.0 Å². The van der Waals surface area contributed by atoms with Crippen LogP contribution in [0.4, 0.5) is 10.2 Å². The van der Waals surface area contributed by atoms with Crippen LogP contribution in [0.15, 0.2) is 53.0 Å². The van der Waals surface area contributed by atoms with E-state index >= 15 is 0 Å². The van der Waals surface area contributed by atoms with Crippen LogP contribution in [-0.2, 0) is 12.8 Å². The van der Waals surface area contributed by atoms with Gasteiger partial charge in [0.2, 0.25) is 0 Å². The minimum Gasteiger partial charge on any atom is -0.354 e. The molecule has 1 aliphatic rings. The molecular formula is C26H28BrFN4O. The van der Waals surface area contributed by atoms with Gasteiger partial charge < -0.3 is 9.80 Å². The van der Waals surface area contributed by atoms with Gasteiger partial charge in [0.15, 0.2) is 0 Å². The third-order valence-electron chi connectivity index (χ3n) is 5.94. The predicted molar refractivity (Wildman–Crippen MR) is 132 cm³/mol. The number of hydrogen-bond donors (Lipinski definition) is 0. The monoisotopic (exact) mass is 510 g/mol. The number of anilines is 1. The molecule has 0 atom stereocenters. The molecule has 1 aromatic heterocycles. The lowest BCUT2D eigenvalue weighted by atomic mass is 10.0. The smallest absolute Gasteiger partial charge is 0.253 e. The van der Waals surface area contributed by atoms with Crippen LogP contribution in [0.25, 0.3) is 0 Å². The van der Waals surface area contributed by atoms with Gasteiger partial charge in [-0.1, -0.05) is 41.1 Å². The maximum atomic E-state index is 13.8. The number of nitrogens with zero attached hydrogens (tertiary/aromatic N) is 4. The number of carbonyl (C=O) groups excluding carboxylic acids is 1. The van der Waals surface area contributed by atoms with Gasteiger partial charge in [-0.15, -0.1) is 0 Å². The summed E-state index contributed by atoms with van der Waals surface area (Å²) in [4.78, 5) is 26.7. The van der Waals surface area contributed by atoms with Crippen molar-refractivity contribution in [3.63, 3.8) is 0 Å². The van der Waals surface area contributed by atoms with E-state index in [1.807, 2.05) is 42.2 Å². The van der Waals surface area contributed by atoms with Gasteiger partial charge in [-0.25, -0.2) is 14.4 Å². The molecule has 0 N–H and O–H groups in total. The minimum absolute atomic E-state index is 0.0475. The lowest BCUT2D eigenvalue weighted by molar-refractivity contribution is 0.0767. The topological polar surface area (TPSA) is 49.3 Å². The van der Waals surface area contributed by atoms with E-state index in [4.69, 9.17) is 4.98 Å². The summed E-state index contributed by atoms with van der Waals surface area (Å²) in [7, 11) is 0. The van der Waals surface area contributed by atoms with E-state index in [0.717, 1.165) is 52.3 Å². The van der Waals surface area contributed by atoms with Crippen LogP contribution in [0, 0.1) is 12.7 Å². The molecule has 1 aliphatic heterocycles. The molecule has 1 saturated heterocycles. The molecule has 33 heavy (non-hydrogen) atoms. The minimum atomic E-state index is -0.239. The van der Waals surface area contributed by atoms with E-state index < -0.39 is 0 Å². The van der Waals surface area contributed by atoms with Crippen molar-refractivity contribution in [1.82, 2.24) is 14.9 Å². The molecule has 3 aromatic rings. The Morgan fingerprint density at radius 2 is 1.88 bits per heavy atom. The van der Waals surface area contributed by atoms with Crippen LogP contribution in [0.1, 0.15) is 46.3 Å². The number of aryl methyl sites for hydroxylation is 2. The predicted octanol–water partition coefficient (Wildman–Crippen LogP) is 5.19. The average molecular weight is 511 g/mol. The Balaban J connectivity index is 1.59. The van der Waals surface area contributed by atoms with Crippen LogP contribution in [-0.4, -0.2) is 47.0 Å². The van der Waals surface area contributed by atoms with E-state index in [2.05, 4.69) is 32.7 Å². The van der Waals surface area contributed by atoms with Gasteiger partial charge >= 0.3 is 0 Å². The van der Waals surface area contributed by atoms with Gasteiger partial charge in [-0.2, -0.15) is 0 Å². The largest absolute Gasteiger partial charge is 0.354 e. The summed E-state index contributed by atoms with van der Waals surface area (Å²) < 4.78 is 14.7. The Bertz CT molecular complexity index is 1150. The first kappa shape index (κ1) is 23.4. The molecule has 172 valence electrons. The summed E-state index contributed by atoms with van der Waals surface area (Å²) in [5.41, 5.74) is 3.63. The molecule has 0 spiro atoms. The van der Waals surface area contributed by atoms with Gasteiger partial charge in [0.25, 0.3) is 5.91 Å². The van der Waals surface area contributed by atoms with E-state index in [1.54, 1.807) is 12.1 Å². The van der Waals surface area contributed by atoms with Gasteiger partial charge in [-0.3, -0.25) is 4.79 Å². The van der Waals surface area contributed by atoms with Crippen molar-refractivity contribution < 1.29 is 9.18 Å². The van der Waals surface area contributed by atoms with Crippen LogP contribution in [0.3, 0.4) is 0 Å². The third-order valence-corrected chi connectivity index (χ3v) is 6.44. The zero-order chi connectivity index (χ0) is 23.4. The van der Waals surface area contributed by atoms with Crippen molar-refractivity contribution >= 4 is 27.7 Å². The molecule has 5 nitrogen and oxygen atoms in total. The number of aromatic nitrogens is 2.